The van der Waals surface area contributed by atoms with E-state index < -0.39 is 10.0 Å². The minimum atomic E-state index is -3.26. The highest BCUT2D eigenvalue weighted by molar-refractivity contribution is 7.89. The number of hydrogen-bond donors (Lipinski definition) is 2. The van der Waals surface area contributed by atoms with Crippen LogP contribution < -0.4 is 19.7 Å². The Morgan fingerprint density at radius 2 is 2.00 bits per heavy atom. The lowest BCUT2D eigenvalue weighted by molar-refractivity contribution is 0.311. The van der Waals surface area contributed by atoms with E-state index in [1.807, 2.05) is 0 Å². The third kappa shape index (κ3) is 5.16. The van der Waals surface area contributed by atoms with E-state index in [9.17, 15) is 8.42 Å². The Hall–Kier alpha value is -1.65. The van der Waals surface area contributed by atoms with Crippen LogP contribution in [-0.4, -0.2) is 82.0 Å². The van der Waals surface area contributed by atoms with Gasteiger partial charge in [-0.1, -0.05) is 0 Å². The summed E-state index contributed by atoms with van der Waals surface area (Å²) in [5.41, 5.74) is 0. The zero-order chi connectivity index (χ0) is 17.9. The summed E-state index contributed by atoms with van der Waals surface area (Å²) in [6.45, 7) is 3.91. The van der Waals surface area contributed by atoms with Crippen LogP contribution in [0.2, 0.25) is 0 Å². The molecule has 0 atom stereocenters. The Balaban J connectivity index is 1.61. The molecule has 9 nitrogen and oxygen atoms in total. The minimum absolute atomic E-state index is 0.000496. The molecule has 0 bridgehead atoms. The van der Waals surface area contributed by atoms with Crippen molar-refractivity contribution < 1.29 is 13.2 Å². The van der Waals surface area contributed by atoms with E-state index in [1.54, 1.807) is 13.3 Å². The number of sulfonamides is 1. The summed E-state index contributed by atoms with van der Waals surface area (Å²) in [4.78, 5) is 13.3. The van der Waals surface area contributed by atoms with Crippen molar-refractivity contribution in [3.05, 3.63) is 6.20 Å². The third-order valence-corrected chi connectivity index (χ3v) is 5.77. The van der Waals surface area contributed by atoms with Crippen LogP contribution in [-0.2, 0) is 10.0 Å². The van der Waals surface area contributed by atoms with Crippen molar-refractivity contribution in [3.63, 3.8) is 0 Å². The predicted molar refractivity (Wildman–Crippen MR) is 96.7 cm³/mol. The van der Waals surface area contributed by atoms with E-state index in [2.05, 4.69) is 36.9 Å². The highest BCUT2D eigenvalue weighted by Crippen LogP contribution is 2.24. The van der Waals surface area contributed by atoms with Gasteiger partial charge in [-0.05, 0) is 19.9 Å². The Morgan fingerprint density at radius 1 is 1.28 bits per heavy atom. The van der Waals surface area contributed by atoms with Crippen molar-refractivity contribution in [1.82, 2.24) is 19.6 Å². The number of nitrogens with one attached hydrogen (secondary N) is 2. The number of nitrogens with zero attached hydrogens (tertiary/aromatic N) is 4. The molecule has 25 heavy (non-hydrogen) atoms. The van der Waals surface area contributed by atoms with Crippen LogP contribution in [0, 0.1) is 0 Å². The molecule has 0 unspecified atom stereocenters. The SMILES string of the molecule is COc1cnc(N2CCN(C)CC2)nc1NCCS(=O)(=O)NC1CC1. The second-order valence-electron chi connectivity index (χ2n) is 6.52. The number of anilines is 2. The molecule has 2 fully saturated rings. The highest BCUT2D eigenvalue weighted by Gasteiger charge is 2.26. The molecule has 140 valence electrons. The van der Waals surface area contributed by atoms with Crippen molar-refractivity contribution in [1.29, 1.82) is 0 Å². The van der Waals surface area contributed by atoms with Gasteiger partial charge in [-0.15, -0.1) is 0 Å². The fraction of sp³-hybridized carbons (Fsp3) is 0.733. The second-order valence-corrected chi connectivity index (χ2v) is 8.39. The van der Waals surface area contributed by atoms with Crippen LogP contribution in [0.15, 0.2) is 6.20 Å². The molecular formula is C15H26N6O3S. The topological polar surface area (TPSA) is 99.7 Å². The molecule has 2 aliphatic rings. The van der Waals surface area contributed by atoms with Crippen LogP contribution in [0.5, 0.6) is 5.75 Å². The normalized spacial score (nSPS) is 19.0. The van der Waals surface area contributed by atoms with Crippen molar-refractivity contribution >= 4 is 21.8 Å². The van der Waals surface area contributed by atoms with Gasteiger partial charge in [-0.3, -0.25) is 0 Å². The van der Waals surface area contributed by atoms with Gasteiger partial charge >= 0.3 is 0 Å². The Bertz CT molecular complexity index is 687. The van der Waals surface area contributed by atoms with Gasteiger partial charge in [-0.25, -0.2) is 18.1 Å². The fourth-order valence-corrected chi connectivity index (χ4v) is 3.85. The number of likely N-dealkylation sites (N-methyl/N-ethyl adjacent to an activating group) is 1. The van der Waals surface area contributed by atoms with Crippen molar-refractivity contribution in [2.75, 3.05) is 62.9 Å². The molecule has 1 aromatic rings. The second kappa shape index (κ2) is 7.71. The van der Waals surface area contributed by atoms with E-state index >= 15 is 0 Å². The largest absolute Gasteiger partial charge is 0.491 e. The molecule has 1 saturated carbocycles. The average molecular weight is 370 g/mol. The van der Waals surface area contributed by atoms with Gasteiger partial charge in [0.05, 0.1) is 19.1 Å². The molecule has 1 aliphatic carbocycles. The van der Waals surface area contributed by atoms with Crippen molar-refractivity contribution in [2.45, 2.75) is 18.9 Å². The molecule has 2 heterocycles. The van der Waals surface area contributed by atoms with Crippen LogP contribution in [0.3, 0.4) is 0 Å². The van der Waals surface area contributed by atoms with Crippen LogP contribution in [0.25, 0.3) is 0 Å². The first-order chi connectivity index (χ1) is 12.0. The number of ether oxygens (including phenoxy) is 1. The number of hydrogen-bond acceptors (Lipinski definition) is 8. The lowest BCUT2D eigenvalue weighted by Gasteiger charge is -2.32. The summed E-state index contributed by atoms with van der Waals surface area (Å²) in [7, 11) is 0.382. The Morgan fingerprint density at radius 3 is 2.64 bits per heavy atom. The third-order valence-electron chi connectivity index (χ3n) is 4.34. The molecule has 0 radical (unpaired) electrons. The summed E-state index contributed by atoms with van der Waals surface area (Å²) in [6, 6.07) is 0.127. The van der Waals surface area contributed by atoms with E-state index in [-0.39, 0.29) is 18.3 Å². The van der Waals surface area contributed by atoms with Crippen molar-refractivity contribution in [2.24, 2.45) is 0 Å². The van der Waals surface area contributed by atoms with Crippen LogP contribution >= 0.6 is 0 Å². The van der Waals surface area contributed by atoms with Gasteiger partial charge in [0.1, 0.15) is 0 Å². The van der Waals surface area contributed by atoms with Gasteiger partial charge in [0, 0.05) is 38.8 Å². The molecule has 3 rings (SSSR count). The van der Waals surface area contributed by atoms with Gasteiger partial charge < -0.3 is 19.9 Å². The maximum Gasteiger partial charge on any atom is 0.227 e. The molecule has 1 aromatic heterocycles. The number of methoxy groups -OCH3 is 1. The maximum absolute atomic E-state index is 11.9. The van der Waals surface area contributed by atoms with Crippen molar-refractivity contribution in [3.8, 4) is 5.75 Å². The zero-order valence-electron chi connectivity index (χ0n) is 14.7. The highest BCUT2D eigenvalue weighted by atomic mass is 32.2. The summed E-state index contributed by atoms with van der Waals surface area (Å²) >= 11 is 0. The summed E-state index contributed by atoms with van der Waals surface area (Å²) in [5.74, 6) is 1.66. The molecule has 1 saturated heterocycles. The predicted octanol–water partition coefficient (Wildman–Crippen LogP) is -0.269. The molecule has 10 heteroatoms. The molecule has 2 N–H and O–H groups in total. The summed E-state index contributed by atoms with van der Waals surface area (Å²) in [5, 5.41) is 3.07. The van der Waals surface area contributed by atoms with E-state index in [1.165, 1.54) is 0 Å². The monoisotopic (exact) mass is 370 g/mol. The van der Waals surface area contributed by atoms with Gasteiger partial charge in [-0.2, -0.15) is 4.98 Å². The van der Waals surface area contributed by atoms with E-state index in [0.717, 1.165) is 39.0 Å². The smallest absolute Gasteiger partial charge is 0.227 e. The number of rotatable bonds is 8. The van der Waals surface area contributed by atoms with Gasteiger partial charge in [0.25, 0.3) is 0 Å². The Kier molecular flexibility index (Phi) is 5.60. The molecule has 1 aliphatic heterocycles. The first-order valence-electron chi connectivity index (χ1n) is 8.55. The molecule has 0 amide bonds. The number of piperazine rings is 1. The average Bonchev–Trinajstić information content (AvgIpc) is 3.38. The quantitative estimate of drug-likeness (QED) is 0.645. The summed E-state index contributed by atoms with van der Waals surface area (Å²) in [6.07, 6.45) is 3.49. The first kappa shape index (κ1) is 18.2. The molecule has 0 spiro atoms. The number of aromatic nitrogens is 2. The fourth-order valence-electron chi connectivity index (χ4n) is 2.61. The standard InChI is InChI=1S/C15H26N6O3S/c1-20-6-8-21(9-7-20)15-17-11-13(24-2)14(18-15)16-5-10-25(22,23)19-12-3-4-12/h11-12,19H,3-10H2,1-2H3,(H,16,17,18). The van der Waals surface area contributed by atoms with Gasteiger partial charge in [0.15, 0.2) is 11.6 Å². The molecular weight excluding hydrogens is 344 g/mol. The van der Waals surface area contributed by atoms with Crippen LogP contribution in [0.1, 0.15) is 12.8 Å². The Labute approximate surface area is 148 Å². The van der Waals surface area contributed by atoms with Crippen LogP contribution in [0.4, 0.5) is 11.8 Å². The molecule has 0 aromatic carbocycles. The van der Waals surface area contributed by atoms with E-state index in [0.29, 0.717) is 17.5 Å². The maximum atomic E-state index is 11.9. The summed E-state index contributed by atoms with van der Waals surface area (Å²) < 4.78 is 31.8. The zero-order valence-corrected chi connectivity index (χ0v) is 15.5. The lowest BCUT2D eigenvalue weighted by Crippen LogP contribution is -2.45. The minimum Gasteiger partial charge on any atom is -0.491 e. The van der Waals surface area contributed by atoms with E-state index in [4.69, 9.17) is 4.74 Å². The van der Waals surface area contributed by atoms with Gasteiger partial charge in [0.2, 0.25) is 16.0 Å². The lowest BCUT2D eigenvalue weighted by atomic mass is 10.3. The first-order valence-corrected chi connectivity index (χ1v) is 10.2.